The van der Waals surface area contributed by atoms with Crippen molar-refractivity contribution in [3.05, 3.63) is 58.1 Å². The third-order valence-electron chi connectivity index (χ3n) is 4.23. The van der Waals surface area contributed by atoms with Crippen molar-refractivity contribution in [2.45, 2.75) is 32.4 Å². The normalized spacial score (nSPS) is 16.9. The smallest absolute Gasteiger partial charge is 0.318 e. The Kier molecular flexibility index (Phi) is 6.80. The van der Waals surface area contributed by atoms with Crippen molar-refractivity contribution in [1.82, 2.24) is 15.2 Å². The lowest BCUT2D eigenvalue weighted by Crippen LogP contribution is -2.43. The molecule has 6 heteroatoms. The minimum atomic E-state index is -0.0777. The van der Waals surface area contributed by atoms with Crippen molar-refractivity contribution in [2.24, 2.45) is 0 Å². The molecule has 138 valence electrons. The van der Waals surface area contributed by atoms with Gasteiger partial charge in [-0.25, -0.2) is 9.78 Å². The molecule has 1 aliphatic rings. The number of aryl methyl sites for hydroxylation is 1. The highest BCUT2D eigenvalue weighted by Gasteiger charge is 2.22. The quantitative estimate of drug-likeness (QED) is 0.804. The van der Waals surface area contributed by atoms with Crippen LogP contribution in [0.1, 0.15) is 29.1 Å². The first-order chi connectivity index (χ1) is 12.7. The summed E-state index contributed by atoms with van der Waals surface area (Å²) in [5, 5.41) is 5.90. The van der Waals surface area contributed by atoms with Gasteiger partial charge in [-0.1, -0.05) is 42.5 Å². The Labute approximate surface area is 158 Å². The Bertz CT molecular complexity index is 724. The maximum atomic E-state index is 12.7. The molecule has 1 atom stereocenters. The van der Waals surface area contributed by atoms with E-state index in [-0.39, 0.29) is 12.1 Å². The van der Waals surface area contributed by atoms with Gasteiger partial charge in [0.2, 0.25) is 0 Å². The van der Waals surface area contributed by atoms with Gasteiger partial charge in [0.1, 0.15) is 5.01 Å². The number of urea groups is 1. The number of hydrogen-bond acceptors (Lipinski definition) is 4. The number of aromatic nitrogens is 1. The van der Waals surface area contributed by atoms with Crippen LogP contribution < -0.4 is 5.32 Å². The van der Waals surface area contributed by atoms with Crippen LogP contribution in [0.3, 0.4) is 0 Å². The second-order valence-corrected chi connectivity index (χ2v) is 7.34. The highest BCUT2D eigenvalue weighted by Crippen LogP contribution is 2.14. The summed E-state index contributed by atoms with van der Waals surface area (Å²) in [7, 11) is 0. The zero-order valence-corrected chi connectivity index (χ0v) is 15.9. The maximum Gasteiger partial charge on any atom is 0.318 e. The van der Waals surface area contributed by atoms with Gasteiger partial charge in [0.15, 0.2) is 0 Å². The predicted octanol–water partition coefficient (Wildman–Crippen LogP) is 3.86. The van der Waals surface area contributed by atoms with Gasteiger partial charge in [0.25, 0.3) is 0 Å². The van der Waals surface area contributed by atoms with E-state index >= 15 is 0 Å². The van der Waals surface area contributed by atoms with Gasteiger partial charge in [0.05, 0.1) is 12.6 Å². The first kappa shape index (κ1) is 18.6. The number of carbonyl (C=O) groups excluding carboxylic acids is 1. The molecule has 1 N–H and O–H groups in total. The molecule has 0 bridgehead atoms. The van der Waals surface area contributed by atoms with E-state index < -0.39 is 0 Å². The Balaban J connectivity index is 1.57. The van der Waals surface area contributed by atoms with E-state index in [9.17, 15) is 4.79 Å². The fourth-order valence-electron chi connectivity index (χ4n) is 2.90. The molecule has 1 saturated heterocycles. The summed E-state index contributed by atoms with van der Waals surface area (Å²) in [5.41, 5.74) is 2.12. The highest BCUT2D eigenvalue weighted by atomic mass is 32.1. The van der Waals surface area contributed by atoms with E-state index in [4.69, 9.17) is 4.74 Å². The predicted molar refractivity (Wildman–Crippen MR) is 105 cm³/mol. The van der Waals surface area contributed by atoms with Crippen molar-refractivity contribution in [3.63, 3.8) is 0 Å². The van der Waals surface area contributed by atoms with E-state index in [1.165, 1.54) is 0 Å². The number of hydrogen-bond donors (Lipinski definition) is 1. The summed E-state index contributed by atoms with van der Waals surface area (Å²) < 4.78 is 5.71. The molecule has 0 radical (unpaired) electrons. The number of rotatable bonds is 7. The lowest BCUT2D eigenvalue weighted by molar-refractivity contribution is 0.0841. The molecular formula is C20H25N3O2S. The van der Waals surface area contributed by atoms with Crippen LogP contribution in [0, 0.1) is 6.92 Å². The van der Waals surface area contributed by atoms with Gasteiger partial charge < -0.3 is 15.0 Å². The van der Waals surface area contributed by atoms with Crippen LogP contribution in [0.2, 0.25) is 0 Å². The first-order valence-corrected chi connectivity index (χ1v) is 9.85. The van der Waals surface area contributed by atoms with E-state index in [0.29, 0.717) is 19.6 Å². The van der Waals surface area contributed by atoms with Gasteiger partial charge in [-0.3, -0.25) is 0 Å². The van der Waals surface area contributed by atoms with Crippen LogP contribution in [0.4, 0.5) is 4.79 Å². The molecule has 3 rings (SSSR count). The molecule has 26 heavy (non-hydrogen) atoms. The summed E-state index contributed by atoms with van der Waals surface area (Å²) in [5.74, 6) is 0. The number of nitrogens with zero attached hydrogens (tertiary/aromatic N) is 2. The number of benzene rings is 1. The first-order valence-electron chi connectivity index (χ1n) is 8.97. The monoisotopic (exact) mass is 371 g/mol. The summed E-state index contributed by atoms with van der Waals surface area (Å²) in [6.07, 6.45) is 6.28. The van der Waals surface area contributed by atoms with Crippen LogP contribution >= 0.6 is 11.3 Å². The Hall–Kier alpha value is -2.18. The second kappa shape index (κ2) is 9.50. The van der Waals surface area contributed by atoms with E-state index in [1.807, 2.05) is 59.7 Å². The van der Waals surface area contributed by atoms with Crippen molar-refractivity contribution in [1.29, 1.82) is 0 Å². The lowest BCUT2D eigenvalue weighted by Gasteiger charge is -2.24. The Morgan fingerprint density at radius 1 is 1.42 bits per heavy atom. The molecule has 5 nitrogen and oxygen atoms in total. The average Bonchev–Trinajstić information content (AvgIpc) is 3.31. The fraction of sp³-hybridized carbons (Fsp3) is 0.400. The number of thiazole rings is 1. The number of carbonyl (C=O) groups is 1. The Morgan fingerprint density at radius 2 is 2.27 bits per heavy atom. The van der Waals surface area contributed by atoms with Gasteiger partial charge in [-0.2, -0.15) is 0 Å². The Morgan fingerprint density at radius 3 is 2.96 bits per heavy atom. The maximum absolute atomic E-state index is 12.7. The van der Waals surface area contributed by atoms with Gasteiger partial charge in [-0.15, -0.1) is 11.3 Å². The minimum absolute atomic E-state index is 0.0777. The number of amides is 2. The van der Waals surface area contributed by atoms with E-state index in [1.54, 1.807) is 11.3 Å². The van der Waals surface area contributed by atoms with Crippen LogP contribution in [0.15, 0.2) is 41.8 Å². The molecule has 2 aromatic rings. The van der Waals surface area contributed by atoms with E-state index in [2.05, 4.69) is 10.3 Å². The van der Waals surface area contributed by atoms with Crippen LogP contribution in [-0.4, -0.2) is 41.7 Å². The number of ether oxygens (including phenoxy) is 1. The molecule has 0 spiro atoms. The third-order valence-corrected chi connectivity index (χ3v) is 5.19. The molecule has 1 aliphatic heterocycles. The summed E-state index contributed by atoms with van der Waals surface area (Å²) in [6, 6.07) is 10.0. The molecule has 1 aromatic carbocycles. The van der Waals surface area contributed by atoms with Crippen molar-refractivity contribution in [2.75, 3.05) is 19.7 Å². The zero-order chi connectivity index (χ0) is 18.2. The molecule has 0 aliphatic carbocycles. The third kappa shape index (κ3) is 5.68. The summed E-state index contributed by atoms with van der Waals surface area (Å²) in [6.45, 7) is 4.37. The van der Waals surface area contributed by atoms with Crippen LogP contribution in [0.25, 0.3) is 6.08 Å². The van der Waals surface area contributed by atoms with Crippen molar-refractivity contribution in [3.8, 4) is 0 Å². The number of nitrogens with one attached hydrogen (secondary N) is 1. The topological polar surface area (TPSA) is 54.5 Å². The van der Waals surface area contributed by atoms with Crippen LogP contribution in [0.5, 0.6) is 0 Å². The standard InChI is InChI=1S/C20H25N3O2S/c1-16-15-26-19(22-16)13-21-20(24)23(14-18-10-6-12-25-18)11-5-9-17-7-3-2-4-8-17/h2-5,7-9,15,18H,6,10-14H2,1H3,(H,21,24)/b9-5+/t18-/m1/s1. The average molecular weight is 372 g/mol. The molecule has 2 amide bonds. The molecule has 0 saturated carbocycles. The minimum Gasteiger partial charge on any atom is -0.376 e. The molecule has 1 aromatic heterocycles. The SMILES string of the molecule is Cc1csc(CNC(=O)N(C/C=C/c2ccccc2)C[C@H]2CCCO2)n1. The zero-order valence-electron chi connectivity index (χ0n) is 15.1. The van der Waals surface area contributed by atoms with Gasteiger partial charge >= 0.3 is 6.03 Å². The highest BCUT2D eigenvalue weighted by molar-refractivity contribution is 7.09. The molecular weight excluding hydrogens is 346 g/mol. The molecule has 2 heterocycles. The largest absolute Gasteiger partial charge is 0.376 e. The van der Waals surface area contributed by atoms with Gasteiger partial charge in [-0.05, 0) is 25.3 Å². The van der Waals surface area contributed by atoms with Crippen molar-refractivity contribution >= 4 is 23.4 Å². The van der Waals surface area contributed by atoms with Gasteiger partial charge in [0, 0.05) is 30.8 Å². The van der Waals surface area contributed by atoms with Crippen LogP contribution in [-0.2, 0) is 11.3 Å². The fourth-order valence-corrected chi connectivity index (χ4v) is 3.61. The summed E-state index contributed by atoms with van der Waals surface area (Å²) in [4.78, 5) is 18.9. The second-order valence-electron chi connectivity index (χ2n) is 6.39. The molecule has 0 unspecified atom stereocenters. The molecule has 1 fully saturated rings. The lowest BCUT2D eigenvalue weighted by atomic mass is 10.2. The van der Waals surface area contributed by atoms with Crippen molar-refractivity contribution < 1.29 is 9.53 Å². The van der Waals surface area contributed by atoms with E-state index in [0.717, 1.165) is 35.7 Å². The summed E-state index contributed by atoms with van der Waals surface area (Å²) >= 11 is 1.57.